The number of aryl methyl sites for hydroxylation is 1. The van der Waals surface area contributed by atoms with E-state index < -0.39 is 0 Å². The van der Waals surface area contributed by atoms with Gasteiger partial charge in [0.05, 0.1) is 0 Å². The molecule has 1 aliphatic heterocycles. The monoisotopic (exact) mass is 384 g/mol. The van der Waals surface area contributed by atoms with E-state index in [0.29, 0.717) is 5.92 Å². The fourth-order valence-electron chi connectivity index (χ4n) is 3.34. The second kappa shape index (κ2) is 10.2. The normalized spacial score (nSPS) is 16.0. The van der Waals surface area contributed by atoms with Crippen LogP contribution in [0.25, 0.3) is 0 Å². The molecule has 1 aromatic carbocycles. The van der Waals surface area contributed by atoms with Crippen molar-refractivity contribution in [2.45, 2.75) is 39.2 Å². The Morgan fingerprint density at radius 3 is 2.57 bits per heavy atom. The molecule has 28 heavy (non-hydrogen) atoms. The van der Waals surface area contributed by atoms with Crippen molar-refractivity contribution < 1.29 is 4.52 Å². The zero-order chi connectivity index (χ0) is 19.8. The van der Waals surface area contributed by atoms with Crippen LogP contribution >= 0.6 is 0 Å². The highest BCUT2D eigenvalue weighted by atomic mass is 16.5. The van der Waals surface area contributed by atoms with E-state index in [1.54, 1.807) is 0 Å². The van der Waals surface area contributed by atoms with Gasteiger partial charge in [-0.25, -0.2) is 0 Å². The number of aliphatic imine (C=N–C) groups is 1. The predicted octanol–water partition coefficient (Wildman–Crippen LogP) is 2.52. The van der Waals surface area contributed by atoms with Crippen LogP contribution < -0.4 is 5.32 Å². The van der Waals surface area contributed by atoms with Gasteiger partial charge >= 0.3 is 0 Å². The van der Waals surface area contributed by atoms with Crippen LogP contribution in [-0.2, 0) is 13.0 Å². The number of aromatic nitrogens is 2. The van der Waals surface area contributed by atoms with Gasteiger partial charge in [-0.1, -0.05) is 49.3 Å². The maximum Gasteiger partial charge on any atom is 0.226 e. The minimum Gasteiger partial charge on any atom is -0.356 e. The molecule has 0 unspecified atom stereocenters. The molecule has 0 amide bonds. The highest BCUT2D eigenvalue weighted by Gasteiger charge is 2.19. The molecule has 1 fully saturated rings. The molecule has 0 aliphatic carbocycles. The number of nitrogens with zero attached hydrogens (tertiary/aromatic N) is 5. The van der Waals surface area contributed by atoms with Crippen LogP contribution in [0.2, 0.25) is 0 Å². The summed E-state index contributed by atoms with van der Waals surface area (Å²) in [5.74, 6) is 2.78. The lowest BCUT2D eigenvalue weighted by molar-refractivity contribution is 0.172. The van der Waals surface area contributed by atoms with E-state index in [1.165, 1.54) is 5.56 Å². The van der Waals surface area contributed by atoms with Crippen LogP contribution in [0.3, 0.4) is 0 Å². The van der Waals surface area contributed by atoms with Gasteiger partial charge in [0, 0.05) is 58.7 Å². The third-order valence-corrected chi connectivity index (χ3v) is 4.98. The van der Waals surface area contributed by atoms with Crippen molar-refractivity contribution in [3.8, 4) is 0 Å². The number of guanidine groups is 1. The van der Waals surface area contributed by atoms with Crippen LogP contribution in [0, 0.1) is 0 Å². The second-order valence-electron chi connectivity index (χ2n) is 7.53. The van der Waals surface area contributed by atoms with Crippen LogP contribution in [0.1, 0.15) is 43.5 Å². The molecular weight excluding hydrogens is 352 g/mol. The summed E-state index contributed by atoms with van der Waals surface area (Å²) >= 11 is 0. The molecule has 2 heterocycles. The van der Waals surface area contributed by atoms with Crippen molar-refractivity contribution in [2.24, 2.45) is 4.99 Å². The Morgan fingerprint density at radius 1 is 1.18 bits per heavy atom. The second-order valence-corrected chi connectivity index (χ2v) is 7.53. The van der Waals surface area contributed by atoms with Crippen molar-refractivity contribution in [1.82, 2.24) is 25.3 Å². The van der Waals surface area contributed by atoms with Gasteiger partial charge < -0.3 is 14.7 Å². The van der Waals surface area contributed by atoms with Gasteiger partial charge in [0.15, 0.2) is 11.8 Å². The van der Waals surface area contributed by atoms with Crippen LogP contribution in [-0.4, -0.2) is 65.7 Å². The lowest BCUT2D eigenvalue weighted by Crippen LogP contribution is -2.52. The summed E-state index contributed by atoms with van der Waals surface area (Å²) in [4.78, 5) is 13.7. The average molecular weight is 385 g/mol. The van der Waals surface area contributed by atoms with Crippen molar-refractivity contribution in [1.29, 1.82) is 0 Å². The molecule has 0 spiro atoms. The van der Waals surface area contributed by atoms with E-state index >= 15 is 0 Å². The quantitative estimate of drug-likeness (QED) is 0.449. The fourth-order valence-corrected chi connectivity index (χ4v) is 3.34. The van der Waals surface area contributed by atoms with Crippen LogP contribution in [0.5, 0.6) is 0 Å². The van der Waals surface area contributed by atoms with Gasteiger partial charge in [-0.2, -0.15) is 4.98 Å². The molecule has 0 saturated carbocycles. The van der Waals surface area contributed by atoms with E-state index in [9.17, 15) is 0 Å². The van der Waals surface area contributed by atoms with Crippen molar-refractivity contribution in [3.05, 3.63) is 47.6 Å². The van der Waals surface area contributed by atoms with E-state index in [4.69, 9.17) is 4.52 Å². The molecule has 7 nitrogen and oxygen atoms in total. The standard InChI is InChI=1S/C21H32N6O/c1-17(2)20-24-19(28-25-20)10-7-11-23-21(22-3)27-14-12-26(13-15-27)16-18-8-5-4-6-9-18/h4-6,8-9,17H,7,10-16H2,1-3H3,(H,22,23). The van der Waals surface area contributed by atoms with Gasteiger partial charge in [0.1, 0.15) is 0 Å². The first-order chi connectivity index (χ1) is 13.7. The minimum absolute atomic E-state index is 0.301. The van der Waals surface area contributed by atoms with Gasteiger partial charge in [-0.15, -0.1) is 0 Å². The number of hydrogen-bond acceptors (Lipinski definition) is 5. The SMILES string of the molecule is CN=C(NCCCc1nc(C(C)C)no1)N1CCN(Cc2ccccc2)CC1. The molecule has 152 valence electrons. The zero-order valence-corrected chi connectivity index (χ0v) is 17.3. The summed E-state index contributed by atoms with van der Waals surface area (Å²) in [7, 11) is 1.85. The van der Waals surface area contributed by atoms with Gasteiger partial charge in [-0.3, -0.25) is 9.89 Å². The predicted molar refractivity (Wildman–Crippen MR) is 111 cm³/mol. The molecule has 0 radical (unpaired) electrons. The summed E-state index contributed by atoms with van der Waals surface area (Å²) in [6.07, 6.45) is 1.72. The molecular formula is C21H32N6O. The van der Waals surface area contributed by atoms with Gasteiger partial charge in [0.2, 0.25) is 5.89 Å². The highest BCUT2D eigenvalue weighted by Crippen LogP contribution is 2.11. The third-order valence-electron chi connectivity index (χ3n) is 4.98. The lowest BCUT2D eigenvalue weighted by Gasteiger charge is -2.36. The van der Waals surface area contributed by atoms with Gasteiger partial charge in [-0.05, 0) is 12.0 Å². The van der Waals surface area contributed by atoms with Crippen LogP contribution in [0.4, 0.5) is 0 Å². The van der Waals surface area contributed by atoms with E-state index in [-0.39, 0.29) is 0 Å². The van der Waals surface area contributed by atoms with E-state index in [1.807, 2.05) is 7.05 Å². The third kappa shape index (κ3) is 5.79. The fraction of sp³-hybridized carbons (Fsp3) is 0.571. The average Bonchev–Trinajstić information content (AvgIpc) is 3.19. The Hall–Kier alpha value is -2.41. The molecule has 3 rings (SSSR count). The first-order valence-electron chi connectivity index (χ1n) is 10.2. The Balaban J connectivity index is 1.37. The highest BCUT2D eigenvalue weighted by molar-refractivity contribution is 5.79. The maximum atomic E-state index is 5.30. The zero-order valence-electron chi connectivity index (χ0n) is 17.3. The van der Waals surface area contributed by atoms with E-state index in [0.717, 1.165) is 69.8 Å². The number of benzene rings is 1. The molecule has 7 heteroatoms. The Kier molecular flexibility index (Phi) is 7.42. The first-order valence-corrected chi connectivity index (χ1v) is 10.2. The number of rotatable bonds is 7. The van der Waals surface area contributed by atoms with Gasteiger partial charge in [0.25, 0.3) is 0 Å². The Bertz CT molecular complexity index is 734. The maximum absolute atomic E-state index is 5.30. The van der Waals surface area contributed by atoms with Crippen LogP contribution in [0.15, 0.2) is 39.8 Å². The summed E-state index contributed by atoms with van der Waals surface area (Å²) in [6, 6.07) is 10.7. The van der Waals surface area contributed by atoms with Crippen molar-refractivity contribution >= 4 is 5.96 Å². The Morgan fingerprint density at radius 2 is 1.93 bits per heavy atom. The molecule has 1 N–H and O–H groups in total. The summed E-state index contributed by atoms with van der Waals surface area (Å²) < 4.78 is 5.30. The number of nitrogens with one attached hydrogen (secondary N) is 1. The molecule has 1 aliphatic rings. The van der Waals surface area contributed by atoms with E-state index in [2.05, 4.69) is 74.4 Å². The number of piperazine rings is 1. The van der Waals surface area contributed by atoms with Crippen molar-refractivity contribution in [3.63, 3.8) is 0 Å². The summed E-state index contributed by atoms with van der Waals surface area (Å²) in [5.41, 5.74) is 1.38. The minimum atomic E-state index is 0.301. The smallest absolute Gasteiger partial charge is 0.226 e. The molecule has 2 aromatic rings. The summed E-state index contributed by atoms with van der Waals surface area (Å²) in [6.45, 7) is 10.1. The lowest BCUT2D eigenvalue weighted by atomic mass is 10.2. The molecule has 1 saturated heterocycles. The first kappa shape index (κ1) is 20.3. The topological polar surface area (TPSA) is 69.8 Å². The Labute approximate surface area is 167 Å². The number of hydrogen-bond donors (Lipinski definition) is 1. The largest absolute Gasteiger partial charge is 0.356 e. The molecule has 0 atom stereocenters. The van der Waals surface area contributed by atoms with Crippen molar-refractivity contribution in [2.75, 3.05) is 39.8 Å². The molecule has 1 aromatic heterocycles. The molecule has 0 bridgehead atoms. The summed E-state index contributed by atoms with van der Waals surface area (Å²) in [5, 5.41) is 7.48.